The van der Waals surface area contributed by atoms with Crippen LogP contribution in [0.2, 0.25) is 0 Å². The Labute approximate surface area is 197 Å². The summed E-state index contributed by atoms with van der Waals surface area (Å²) in [5, 5.41) is 3.65. The number of hydrogen-bond acceptors (Lipinski definition) is 6. The van der Waals surface area contributed by atoms with Gasteiger partial charge in [-0.15, -0.1) is 6.58 Å². The van der Waals surface area contributed by atoms with E-state index >= 15 is 0 Å². The first-order valence-electron chi connectivity index (χ1n) is 10.6. The maximum Gasteiger partial charge on any atom is 0.243 e. The second-order valence-electron chi connectivity index (χ2n) is 7.51. The lowest BCUT2D eigenvalue weighted by atomic mass is 10.2. The van der Waals surface area contributed by atoms with Crippen molar-refractivity contribution in [3.8, 4) is 0 Å². The first-order chi connectivity index (χ1) is 16.0. The number of benzene rings is 2. The lowest BCUT2D eigenvalue weighted by Crippen LogP contribution is -2.40. The number of carbonyl (C=O) groups is 1. The average Bonchev–Trinajstić information content (AvgIpc) is 3.20. The Morgan fingerprint density at radius 3 is 2.61 bits per heavy atom. The van der Waals surface area contributed by atoms with Gasteiger partial charge in [0.15, 0.2) is 5.16 Å². The van der Waals surface area contributed by atoms with E-state index in [1.165, 1.54) is 16.1 Å². The Balaban J connectivity index is 1.33. The van der Waals surface area contributed by atoms with E-state index in [1.54, 1.807) is 30.3 Å². The maximum absolute atomic E-state index is 12.7. The fraction of sp³-hybridized carbons (Fsp3) is 0.304. The van der Waals surface area contributed by atoms with E-state index in [0.29, 0.717) is 39.4 Å². The third-order valence-electron chi connectivity index (χ3n) is 5.28. The van der Waals surface area contributed by atoms with Crippen molar-refractivity contribution >= 4 is 38.7 Å². The highest BCUT2D eigenvalue weighted by Gasteiger charge is 2.26. The molecule has 2 aromatic carbocycles. The third-order valence-corrected chi connectivity index (χ3v) is 8.17. The number of amides is 1. The van der Waals surface area contributed by atoms with E-state index < -0.39 is 10.0 Å². The Morgan fingerprint density at radius 2 is 1.88 bits per heavy atom. The number of carbonyl (C=O) groups excluding carboxylic acids is 1. The van der Waals surface area contributed by atoms with Gasteiger partial charge in [0.05, 0.1) is 34.9 Å². The van der Waals surface area contributed by atoms with Crippen molar-refractivity contribution in [1.82, 2.24) is 19.2 Å². The summed E-state index contributed by atoms with van der Waals surface area (Å²) >= 11 is 1.37. The quantitative estimate of drug-likeness (QED) is 0.369. The monoisotopic (exact) mass is 486 g/mol. The summed E-state index contributed by atoms with van der Waals surface area (Å²) in [5.74, 6) is 0.103. The van der Waals surface area contributed by atoms with Gasteiger partial charge in [0, 0.05) is 26.2 Å². The molecule has 1 fully saturated rings. The lowest BCUT2D eigenvalue weighted by molar-refractivity contribution is -0.118. The number of ether oxygens (including phenoxy) is 1. The SMILES string of the molecule is C=CCn1c(SCC(=O)NCc2ccc(S(=O)(=O)N3CCOCC3)cc2)nc2ccccc21. The number of rotatable bonds is 9. The first kappa shape index (κ1) is 23.5. The van der Waals surface area contributed by atoms with Crippen molar-refractivity contribution in [2.75, 3.05) is 32.1 Å². The zero-order valence-corrected chi connectivity index (χ0v) is 19.8. The van der Waals surface area contributed by atoms with Crippen molar-refractivity contribution in [1.29, 1.82) is 0 Å². The molecule has 4 rings (SSSR count). The molecule has 2 heterocycles. The number of nitrogens with zero attached hydrogens (tertiary/aromatic N) is 3. The predicted octanol–water partition coefficient (Wildman–Crippen LogP) is 2.65. The van der Waals surface area contributed by atoms with Crippen LogP contribution in [-0.2, 0) is 32.6 Å². The molecule has 0 spiro atoms. The van der Waals surface area contributed by atoms with Gasteiger partial charge in [0.2, 0.25) is 15.9 Å². The van der Waals surface area contributed by atoms with Crippen LogP contribution in [0.15, 0.2) is 71.2 Å². The fourth-order valence-electron chi connectivity index (χ4n) is 3.57. The fourth-order valence-corrected chi connectivity index (χ4v) is 5.83. The molecule has 1 amide bonds. The van der Waals surface area contributed by atoms with Crippen LogP contribution in [0.4, 0.5) is 0 Å². The zero-order chi connectivity index (χ0) is 23.3. The van der Waals surface area contributed by atoms with Gasteiger partial charge >= 0.3 is 0 Å². The third kappa shape index (κ3) is 5.47. The number of nitrogens with one attached hydrogen (secondary N) is 1. The van der Waals surface area contributed by atoms with Crippen molar-refractivity contribution < 1.29 is 17.9 Å². The zero-order valence-electron chi connectivity index (χ0n) is 18.1. The summed E-state index contributed by atoms with van der Waals surface area (Å²) in [6.45, 7) is 6.28. The van der Waals surface area contributed by atoms with Crippen LogP contribution in [0.5, 0.6) is 0 Å². The van der Waals surface area contributed by atoms with Gasteiger partial charge in [-0.25, -0.2) is 13.4 Å². The number of imidazole rings is 1. The molecule has 1 N–H and O–H groups in total. The standard InChI is InChI=1S/C23H26N4O4S2/c1-2-11-27-21-6-4-3-5-20(21)25-23(27)32-17-22(28)24-16-18-7-9-19(10-8-18)33(29,30)26-12-14-31-15-13-26/h2-10H,1,11-17H2,(H,24,28). The van der Waals surface area contributed by atoms with Crippen LogP contribution in [0, 0.1) is 0 Å². The molecule has 1 aliphatic heterocycles. The van der Waals surface area contributed by atoms with Gasteiger partial charge in [-0.3, -0.25) is 4.79 Å². The molecule has 33 heavy (non-hydrogen) atoms. The number of aromatic nitrogens is 2. The van der Waals surface area contributed by atoms with Crippen LogP contribution in [0.25, 0.3) is 11.0 Å². The minimum Gasteiger partial charge on any atom is -0.379 e. The van der Waals surface area contributed by atoms with Crippen LogP contribution < -0.4 is 5.32 Å². The molecule has 1 saturated heterocycles. The van der Waals surface area contributed by atoms with Crippen LogP contribution in [0.1, 0.15) is 5.56 Å². The topological polar surface area (TPSA) is 93.5 Å². The molecule has 1 aromatic heterocycles. The van der Waals surface area contributed by atoms with Gasteiger partial charge in [-0.1, -0.05) is 42.1 Å². The van der Waals surface area contributed by atoms with Gasteiger partial charge < -0.3 is 14.6 Å². The molecular formula is C23H26N4O4S2. The Bertz CT molecular complexity index is 1230. The molecule has 3 aromatic rings. The highest BCUT2D eigenvalue weighted by molar-refractivity contribution is 7.99. The Hall–Kier alpha value is -2.66. The van der Waals surface area contributed by atoms with Gasteiger partial charge in [-0.2, -0.15) is 4.31 Å². The number of morpholine rings is 1. The van der Waals surface area contributed by atoms with Crippen LogP contribution >= 0.6 is 11.8 Å². The minimum absolute atomic E-state index is 0.123. The number of para-hydroxylation sites is 2. The normalized spacial score (nSPS) is 14.9. The summed E-state index contributed by atoms with van der Waals surface area (Å²) in [6.07, 6.45) is 1.81. The number of fused-ring (bicyclic) bond motifs is 1. The maximum atomic E-state index is 12.7. The minimum atomic E-state index is -3.52. The van der Waals surface area contributed by atoms with Crippen LogP contribution in [0.3, 0.4) is 0 Å². The smallest absolute Gasteiger partial charge is 0.243 e. The lowest BCUT2D eigenvalue weighted by Gasteiger charge is -2.26. The largest absolute Gasteiger partial charge is 0.379 e. The van der Waals surface area contributed by atoms with E-state index in [9.17, 15) is 13.2 Å². The number of sulfonamides is 1. The van der Waals surface area contributed by atoms with E-state index in [2.05, 4.69) is 16.9 Å². The molecule has 0 unspecified atom stereocenters. The summed E-state index contributed by atoms with van der Waals surface area (Å²) in [4.78, 5) is 17.3. The van der Waals surface area contributed by atoms with E-state index in [0.717, 1.165) is 21.8 Å². The van der Waals surface area contributed by atoms with E-state index in [4.69, 9.17) is 4.74 Å². The number of allylic oxidation sites excluding steroid dienone is 1. The highest BCUT2D eigenvalue weighted by Crippen LogP contribution is 2.24. The second-order valence-corrected chi connectivity index (χ2v) is 10.4. The first-order valence-corrected chi connectivity index (χ1v) is 13.0. The van der Waals surface area contributed by atoms with E-state index in [1.807, 2.05) is 28.8 Å². The van der Waals surface area contributed by atoms with Gasteiger partial charge in [-0.05, 0) is 29.8 Å². The number of hydrogen-bond donors (Lipinski definition) is 1. The van der Waals surface area contributed by atoms with Crippen molar-refractivity contribution in [3.05, 3.63) is 66.7 Å². The molecule has 1 aliphatic rings. The molecular weight excluding hydrogens is 460 g/mol. The summed E-state index contributed by atoms with van der Waals surface area (Å²) < 4.78 is 34.1. The molecule has 8 nitrogen and oxygen atoms in total. The van der Waals surface area contributed by atoms with Gasteiger partial charge in [0.1, 0.15) is 0 Å². The summed E-state index contributed by atoms with van der Waals surface area (Å²) in [7, 11) is -3.52. The predicted molar refractivity (Wildman–Crippen MR) is 129 cm³/mol. The summed E-state index contributed by atoms with van der Waals surface area (Å²) in [5.41, 5.74) is 2.72. The van der Waals surface area contributed by atoms with Crippen LogP contribution in [-0.4, -0.2) is 60.2 Å². The Kier molecular flexibility index (Phi) is 7.49. The highest BCUT2D eigenvalue weighted by atomic mass is 32.2. The summed E-state index contributed by atoms with van der Waals surface area (Å²) in [6, 6.07) is 14.5. The molecule has 0 saturated carbocycles. The van der Waals surface area contributed by atoms with Crippen molar-refractivity contribution in [3.63, 3.8) is 0 Å². The molecule has 0 radical (unpaired) electrons. The molecule has 0 aliphatic carbocycles. The average molecular weight is 487 g/mol. The molecule has 174 valence electrons. The van der Waals surface area contributed by atoms with E-state index in [-0.39, 0.29) is 16.6 Å². The van der Waals surface area contributed by atoms with Crippen molar-refractivity contribution in [2.45, 2.75) is 23.1 Å². The molecule has 0 bridgehead atoms. The Morgan fingerprint density at radius 1 is 1.15 bits per heavy atom. The molecule has 0 atom stereocenters. The van der Waals surface area contributed by atoms with Crippen molar-refractivity contribution in [2.24, 2.45) is 0 Å². The molecule has 10 heteroatoms. The second kappa shape index (κ2) is 10.5. The van der Waals surface area contributed by atoms with Gasteiger partial charge in [0.25, 0.3) is 0 Å². The number of thioether (sulfide) groups is 1.